The smallest absolute Gasteiger partial charge is 0.409 e. The average molecular weight is 534 g/mol. The zero-order valence-electron chi connectivity index (χ0n) is 22.3. The number of nitrogens with two attached hydrogens (primary N) is 1. The molecule has 4 rings (SSSR count). The number of aliphatic hydroxyl groups is 2. The number of aromatic nitrogens is 4. The summed E-state index contributed by atoms with van der Waals surface area (Å²) in [6.07, 6.45) is 2.57. The molecule has 1 saturated carbocycles. The third kappa shape index (κ3) is 7.29. The van der Waals surface area contributed by atoms with Gasteiger partial charge in [-0.1, -0.05) is 20.8 Å². The number of carbonyl (C=O) groups is 2. The number of imidazole rings is 1. The summed E-state index contributed by atoms with van der Waals surface area (Å²) < 4.78 is 12.7. The number of nitrogens with one attached hydrogen (secondary N) is 1. The number of aliphatic hydroxyl groups excluding tert-OH is 2. The second-order valence-corrected chi connectivity index (χ2v) is 11.4. The second-order valence-electron chi connectivity index (χ2n) is 11.4. The fourth-order valence-electron chi connectivity index (χ4n) is 4.27. The number of ether oxygens (including phenoxy) is 2. The maximum atomic E-state index is 12.5. The molecule has 1 aliphatic carbocycles. The predicted octanol–water partition coefficient (Wildman–Crippen LogP) is 0.820. The lowest BCUT2D eigenvalue weighted by Gasteiger charge is -2.32. The molecule has 0 aromatic carbocycles. The third-order valence-corrected chi connectivity index (χ3v) is 6.62. The van der Waals surface area contributed by atoms with Crippen LogP contribution in [0.25, 0.3) is 11.2 Å². The Morgan fingerprint density at radius 3 is 2.55 bits per heavy atom. The molecule has 1 aliphatic heterocycles. The van der Waals surface area contributed by atoms with Crippen molar-refractivity contribution in [1.29, 1.82) is 0 Å². The molecule has 0 radical (unpaired) electrons. The molecule has 3 heterocycles. The highest BCUT2D eigenvalue weighted by Crippen LogP contribution is 2.24. The molecule has 0 spiro atoms. The summed E-state index contributed by atoms with van der Waals surface area (Å²) >= 11 is 0. The highest BCUT2D eigenvalue weighted by atomic mass is 16.6. The number of rotatable bonds is 10. The molecule has 1 unspecified atom stereocenters. The van der Waals surface area contributed by atoms with Crippen molar-refractivity contribution in [2.24, 2.45) is 11.3 Å². The number of hydrogen-bond donors (Lipinski definition) is 4. The molecule has 2 aromatic heterocycles. The Balaban J connectivity index is 1.37. The Kier molecular flexibility index (Phi) is 8.68. The van der Waals surface area contributed by atoms with E-state index in [1.807, 2.05) is 20.8 Å². The minimum atomic E-state index is -1.37. The number of likely N-dealkylation sites (tertiary alicyclic amines) is 1. The molecule has 2 aliphatic rings. The Morgan fingerprint density at radius 2 is 1.92 bits per heavy atom. The van der Waals surface area contributed by atoms with Crippen molar-refractivity contribution in [3.8, 4) is 0 Å². The van der Waals surface area contributed by atoms with Gasteiger partial charge in [0.25, 0.3) is 5.91 Å². The lowest BCUT2D eigenvalue weighted by atomic mass is 9.93. The molecule has 2 fully saturated rings. The topological polar surface area (TPSA) is 178 Å². The summed E-state index contributed by atoms with van der Waals surface area (Å²) in [6, 6.07) is 0.0877. The summed E-state index contributed by atoms with van der Waals surface area (Å²) in [6.45, 7) is 6.92. The van der Waals surface area contributed by atoms with Crippen LogP contribution >= 0.6 is 0 Å². The number of nitrogen functional groups attached to an aromatic ring is 1. The minimum Gasteiger partial charge on any atom is -0.449 e. The summed E-state index contributed by atoms with van der Waals surface area (Å²) in [4.78, 5) is 40.0. The number of nitrogens with zero attached hydrogens (tertiary/aromatic N) is 5. The van der Waals surface area contributed by atoms with Gasteiger partial charge in [-0.25, -0.2) is 19.7 Å². The van der Waals surface area contributed by atoms with E-state index in [-0.39, 0.29) is 36.0 Å². The molecule has 1 saturated heterocycles. The second kappa shape index (κ2) is 11.8. The largest absolute Gasteiger partial charge is 0.449 e. The van der Waals surface area contributed by atoms with E-state index < -0.39 is 24.7 Å². The number of hydrogen-bond acceptors (Lipinski definition) is 10. The van der Waals surface area contributed by atoms with Gasteiger partial charge in [0.15, 0.2) is 17.6 Å². The van der Waals surface area contributed by atoms with E-state index in [1.54, 1.807) is 9.47 Å². The van der Waals surface area contributed by atoms with Crippen LogP contribution in [-0.2, 0) is 27.4 Å². The SMILES string of the molecule is CC(C)(C)COC(=O)N1CCC(Cc2nc(N)c3ncn(CO[C@H](C(=O)NC4CC4)C(O)CO)c3n2)CC1. The van der Waals surface area contributed by atoms with Gasteiger partial charge in [-0.2, -0.15) is 0 Å². The Morgan fingerprint density at radius 1 is 1.21 bits per heavy atom. The first-order chi connectivity index (χ1) is 18.0. The van der Waals surface area contributed by atoms with Crippen molar-refractivity contribution in [2.45, 2.75) is 77.9 Å². The first-order valence-electron chi connectivity index (χ1n) is 13.1. The molecular weight excluding hydrogens is 494 g/mol. The number of amides is 2. The van der Waals surface area contributed by atoms with Gasteiger partial charge < -0.3 is 35.6 Å². The van der Waals surface area contributed by atoms with Crippen LogP contribution in [0, 0.1) is 11.3 Å². The fraction of sp³-hybridized carbons (Fsp3) is 0.720. The van der Waals surface area contributed by atoms with Crippen LogP contribution in [-0.4, -0.2) is 91.2 Å². The predicted molar refractivity (Wildman–Crippen MR) is 138 cm³/mol. The number of carbonyl (C=O) groups excluding carboxylic acids is 2. The van der Waals surface area contributed by atoms with E-state index in [1.165, 1.54) is 6.33 Å². The summed E-state index contributed by atoms with van der Waals surface area (Å²) in [5.41, 5.74) is 6.95. The maximum Gasteiger partial charge on any atom is 0.409 e. The van der Waals surface area contributed by atoms with Crippen molar-refractivity contribution < 1.29 is 29.3 Å². The standard InChI is InChI=1S/C25H39N7O6/c1-25(2,3)12-37-24(36)31-8-6-15(7-9-31)10-18-29-21(26)19-22(30-18)32(13-27-19)14-38-20(17(34)11-33)23(35)28-16-4-5-16/h13,15-17,20,33-34H,4-12,14H2,1-3H3,(H,28,35)(H2,26,29,30)/t17?,20-/m0/s1. The molecule has 38 heavy (non-hydrogen) atoms. The van der Waals surface area contributed by atoms with Crippen LogP contribution in [0.15, 0.2) is 6.33 Å². The first-order valence-corrected chi connectivity index (χ1v) is 13.1. The van der Waals surface area contributed by atoms with Crippen LogP contribution < -0.4 is 11.1 Å². The Bertz CT molecular complexity index is 1120. The van der Waals surface area contributed by atoms with Gasteiger partial charge in [-0.05, 0) is 37.0 Å². The number of piperidine rings is 1. The van der Waals surface area contributed by atoms with Gasteiger partial charge in [0.1, 0.15) is 24.2 Å². The number of anilines is 1. The Hall–Kier alpha value is -3.03. The molecule has 0 bridgehead atoms. The van der Waals surface area contributed by atoms with Crippen molar-refractivity contribution in [3.63, 3.8) is 0 Å². The minimum absolute atomic E-state index is 0.0793. The lowest BCUT2D eigenvalue weighted by molar-refractivity contribution is -0.147. The molecule has 5 N–H and O–H groups in total. The van der Waals surface area contributed by atoms with Crippen LogP contribution in [0.1, 0.15) is 52.3 Å². The van der Waals surface area contributed by atoms with Crippen molar-refractivity contribution in [2.75, 3.05) is 32.0 Å². The van der Waals surface area contributed by atoms with E-state index in [4.69, 9.17) is 15.2 Å². The van der Waals surface area contributed by atoms with Crippen LogP contribution in [0.3, 0.4) is 0 Å². The van der Waals surface area contributed by atoms with E-state index in [2.05, 4.69) is 20.3 Å². The van der Waals surface area contributed by atoms with Crippen LogP contribution in [0.4, 0.5) is 10.6 Å². The third-order valence-electron chi connectivity index (χ3n) is 6.62. The molecule has 2 amide bonds. The van der Waals surface area contributed by atoms with Crippen molar-refractivity contribution in [1.82, 2.24) is 29.7 Å². The molecule has 2 atom stereocenters. The monoisotopic (exact) mass is 533 g/mol. The normalized spacial score (nSPS) is 18.4. The lowest BCUT2D eigenvalue weighted by Crippen LogP contribution is -2.46. The highest BCUT2D eigenvalue weighted by Gasteiger charge is 2.32. The maximum absolute atomic E-state index is 12.5. The fourth-order valence-corrected chi connectivity index (χ4v) is 4.27. The van der Waals surface area contributed by atoms with Gasteiger partial charge in [0.05, 0.1) is 19.5 Å². The molecule has 13 heteroatoms. The zero-order valence-corrected chi connectivity index (χ0v) is 22.3. The van der Waals surface area contributed by atoms with Crippen molar-refractivity contribution in [3.05, 3.63) is 12.2 Å². The van der Waals surface area contributed by atoms with Gasteiger partial charge in [-0.3, -0.25) is 9.36 Å². The quantitative estimate of drug-likeness (QED) is 0.342. The Labute approximate surface area is 221 Å². The van der Waals surface area contributed by atoms with E-state index in [0.717, 1.165) is 25.7 Å². The first kappa shape index (κ1) is 28.0. The summed E-state index contributed by atoms with van der Waals surface area (Å²) in [7, 11) is 0. The van der Waals surface area contributed by atoms with Gasteiger partial charge in [-0.15, -0.1) is 0 Å². The van der Waals surface area contributed by atoms with E-state index in [0.29, 0.717) is 43.1 Å². The molecular formula is C25H39N7O6. The molecule has 210 valence electrons. The van der Waals surface area contributed by atoms with Gasteiger partial charge in [0, 0.05) is 25.6 Å². The van der Waals surface area contributed by atoms with Gasteiger partial charge in [0.2, 0.25) is 0 Å². The number of fused-ring (bicyclic) bond motifs is 1. The van der Waals surface area contributed by atoms with Gasteiger partial charge >= 0.3 is 6.09 Å². The van der Waals surface area contributed by atoms with E-state index in [9.17, 15) is 19.8 Å². The van der Waals surface area contributed by atoms with Crippen molar-refractivity contribution >= 4 is 29.0 Å². The highest BCUT2D eigenvalue weighted by molar-refractivity contribution is 5.82. The van der Waals surface area contributed by atoms with E-state index >= 15 is 0 Å². The summed E-state index contributed by atoms with van der Waals surface area (Å²) in [5, 5.41) is 22.3. The zero-order chi connectivity index (χ0) is 27.4. The summed E-state index contributed by atoms with van der Waals surface area (Å²) in [5.74, 6) is 0.609. The molecule has 2 aromatic rings. The molecule has 13 nitrogen and oxygen atoms in total. The van der Waals surface area contributed by atoms with Crippen LogP contribution in [0.2, 0.25) is 0 Å². The van der Waals surface area contributed by atoms with Crippen LogP contribution in [0.5, 0.6) is 0 Å². The average Bonchev–Trinajstić information content (AvgIpc) is 3.59.